The number of halogens is 1. The Morgan fingerprint density at radius 1 is 1.17 bits per heavy atom. The Kier molecular flexibility index (Phi) is 6.01. The number of nitrogens with zero attached hydrogens (tertiary/aromatic N) is 2. The van der Waals surface area contributed by atoms with E-state index in [0.717, 1.165) is 39.9 Å². The Hall–Kier alpha value is -2.18. The molecule has 5 nitrogen and oxygen atoms in total. The lowest BCUT2D eigenvalue weighted by molar-refractivity contribution is -0.130. The van der Waals surface area contributed by atoms with Crippen LogP contribution in [0.2, 0.25) is 0 Å². The van der Waals surface area contributed by atoms with Gasteiger partial charge in [-0.1, -0.05) is 40.2 Å². The van der Waals surface area contributed by atoms with Crippen LogP contribution in [0.25, 0.3) is 11.0 Å². The molecule has 1 aromatic heterocycles. The molecule has 0 radical (unpaired) electrons. The molecule has 2 heterocycles. The van der Waals surface area contributed by atoms with E-state index in [1.165, 1.54) is 0 Å². The molecular formula is C23H26BrN3O2. The maximum absolute atomic E-state index is 13.2. The molecule has 1 fully saturated rings. The van der Waals surface area contributed by atoms with Gasteiger partial charge in [-0.05, 0) is 56.0 Å². The number of benzene rings is 2. The van der Waals surface area contributed by atoms with Crippen LogP contribution in [0.4, 0.5) is 0 Å². The van der Waals surface area contributed by atoms with E-state index in [0.29, 0.717) is 32.6 Å². The number of carbonyl (C=O) groups is 1. The van der Waals surface area contributed by atoms with Crippen LogP contribution >= 0.6 is 15.9 Å². The van der Waals surface area contributed by atoms with Gasteiger partial charge in [0, 0.05) is 30.8 Å². The first-order valence-electron chi connectivity index (χ1n) is 10.1. The van der Waals surface area contributed by atoms with Gasteiger partial charge in [0.05, 0.1) is 16.4 Å². The van der Waals surface area contributed by atoms with Crippen molar-refractivity contribution in [3.63, 3.8) is 0 Å². The lowest BCUT2D eigenvalue weighted by atomic mass is 9.73. The standard InChI is InChI=1S/C23H26BrN3O2/c1-17-26-20-5-2-3-6-21(20)27(17)14-4-13-25-22(28)23(11-15-29-16-12-23)18-7-9-19(24)10-8-18/h2-3,5-10H,4,11-16H2,1H3,(H,25,28). The molecule has 0 saturated carbocycles. The molecule has 1 aliphatic rings. The number of para-hydroxylation sites is 2. The predicted molar refractivity (Wildman–Crippen MR) is 118 cm³/mol. The normalized spacial score (nSPS) is 16.1. The summed E-state index contributed by atoms with van der Waals surface area (Å²) in [6.45, 7) is 4.74. The summed E-state index contributed by atoms with van der Waals surface area (Å²) in [5.74, 6) is 1.11. The summed E-state index contributed by atoms with van der Waals surface area (Å²) in [5, 5.41) is 3.20. The van der Waals surface area contributed by atoms with Gasteiger partial charge in [0.25, 0.3) is 0 Å². The van der Waals surface area contributed by atoms with E-state index >= 15 is 0 Å². The summed E-state index contributed by atoms with van der Waals surface area (Å²) in [6.07, 6.45) is 2.29. The zero-order valence-corrected chi connectivity index (χ0v) is 18.2. The molecule has 0 bridgehead atoms. The van der Waals surface area contributed by atoms with E-state index in [1.807, 2.05) is 37.3 Å². The Balaban J connectivity index is 1.42. The molecule has 2 aromatic carbocycles. The molecule has 1 amide bonds. The number of hydrogen-bond acceptors (Lipinski definition) is 3. The highest BCUT2D eigenvalue weighted by atomic mass is 79.9. The Morgan fingerprint density at radius 2 is 1.90 bits per heavy atom. The van der Waals surface area contributed by atoms with Crippen molar-refractivity contribution in [1.82, 2.24) is 14.9 Å². The van der Waals surface area contributed by atoms with Crippen LogP contribution in [0.1, 0.15) is 30.7 Å². The molecule has 29 heavy (non-hydrogen) atoms. The number of amides is 1. The van der Waals surface area contributed by atoms with Gasteiger partial charge < -0.3 is 14.6 Å². The van der Waals surface area contributed by atoms with Gasteiger partial charge in [0.2, 0.25) is 5.91 Å². The molecule has 0 aliphatic carbocycles. The van der Waals surface area contributed by atoms with Crippen LogP contribution in [0.3, 0.4) is 0 Å². The molecule has 0 atom stereocenters. The average molecular weight is 456 g/mol. The number of aromatic nitrogens is 2. The largest absolute Gasteiger partial charge is 0.381 e. The van der Waals surface area contributed by atoms with E-state index in [2.05, 4.69) is 49.0 Å². The predicted octanol–water partition coefficient (Wildman–Crippen LogP) is 4.36. The van der Waals surface area contributed by atoms with E-state index in [-0.39, 0.29) is 5.91 Å². The van der Waals surface area contributed by atoms with Gasteiger partial charge in [-0.25, -0.2) is 4.98 Å². The van der Waals surface area contributed by atoms with Gasteiger partial charge in [-0.3, -0.25) is 4.79 Å². The van der Waals surface area contributed by atoms with Crippen LogP contribution < -0.4 is 5.32 Å². The monoisotopic (exact) mass is 455 g/mol. The zero-order chi connectivity index (χ0) is 20.3. The van der Waals surface area contributed by atoms with Crippen molar-refractivity contribution in [3.8, 4) is 0 Å². The van der Waals surface area contributed by atoms with Crippen LogP contribution in [0.5, 0.6) is 0 Å². The number of rotatable bonds is 6. The lowest BCUT2D eigenvalue weighted by Crippen LogP contribution is -2.48. The minimum absolute atomic E-state index is 0.107. The topological polar surface area (TPSA) is 56.2 Å². The SMILES string of the molecule is Cc1nc2ccccc2n1CCCNC(=O)C1(c2ccc(Br)cc2)CCOCC1. The number of ether oxygens (including phenoxy) is 1. The number of aryl methyl sites for hydroxylation is 2. The van der Waals surface area contributed by atoms with Gasteiger partial charge in [0.15, 0.2) is 0 Å². The first-order valence-corrected chi connectivity index (χ1v) is 10.9. The fraction of sp³-hybridized carbons (Fsp3) is 0.391. The van der Waals surface area contributed by atoms with Crippen molar-refractivity contribution in [2.45, 2.75) is 38.1 Å². The molecule has 1 saturated heterocycles. The molecular weight excluding hydrogens is 430 g/mol. The molecule has 3 aromatic rings. The summed E-state index contributed by atoms with van der Waals surface area (Å²) in [4.78, 5) is 17.9. The van der Waals surface area contributed by atoms with Crippen LogP contribution in [-0.4, -0.2) is 35.2 Å². The third kappa shape index (κ3) is 4.09. The molecule has 152 valence electrons. The lowest BCUT2D eigenvalue weighted by Gasteiger charge is -2.36. The first-order chi connectivity index (χ1) is 14.1. The van der Waals surface area contributed by atoms with Crippen molar-refractivity contribution >= 4 is 32.9 Å². The van der Waals surface area contributed by atoms with Gasteiger partial charge in [0.1, 0.15) is 5.82 Å². The van der Waals surface area contributed by atoms with E-state index in [9.17, 15) is 4.79 Å². The maximum Gasteiger partial charge on any atom is 0.230 e. The number of fused-ring (bicyclic) bond motifs is 1. The summed E-state index contributed by atoms with van der Waals surface area (Å²) in [7, 11) is 0. The third-order valence-corrected chi connectivity index (χ3v) is 6.40. The van der Waals surface area contributed by atoms with Gasteiger partial charge in [-0.2, -0.15) is 0 Å². The van der Waals surface area contributed by atoms with Crippen LogP contribution in [-0.2, 0) is 21.5 Å². The Labute approximate surface area is 179 Å². The molecule has 1 aliphatic heterocycles. The van der Waals surface area contributed by atoms with E-state index in [1.54, 1.807) is 0 Å². The second kappa shape index (κ2) is 8.67. The van der Waals surface area contributed by atoms with Crippen molar-refractivity contribution in [2.75, 3.05) is 19.8 Å². The number of hydrogen-bond donors (Lipinski definition) is 1. The Morgan fingerprint density at radius 3 is 2.66 bits per heavy atom. The number of nitrogens with one attached hydrogen (secondary N) is 1. The van der Waals surface area contributed by atoms with Crippen LogP contribution in [0.15, 0.2) is 53.0 Å². The average Bonchev–Trinajstić information content (AvgIpc) is 3.07. The second-order valence-electron chi connectivity index (χ2n) is 7.61. The van der Waals surface area contributed by atoms with Crippen LogP contribution in [0, 0.1) is 6.92 Å². The summed E-state index contributed by atoms with van der Waals surface area (Å²) in [6, 6.07) is 16.3. The molecule has 1 N–H and O–H groups in total. The highest BCUT2D eigenvalue weighted by Gasteiger charge is 2.41. The molecule has 4 rings (SSSR count). The molecule has 6 heteroatoms. The van der Waals surface area contributed by atoms with E-state index in [4.69, 9.17) is 4.74 Å². The fourth-order valence-electron chi connectivity index (χ4n) is 4.22. The number of imidazole rings is 1. The quantitative estimate of drug-likeness (QED) is 0.561. The Bertz CT molecular complexity index is 991. The molecule has 0 spiro atoms. The van der Waals surface area contributed by atoms with Crippen molar-refractivity contribution in [2.24, 2.45) is 0 Å². The minimum atomic E-state index is -0.503. The summed E-state index contributed by atoms with van der Waals surface area (Å²) in [5.41, 5.74) is 2.73. The summed E-state index contributed by atoms with van der Waals surface area (Å²) >= 11 is 3.48. The number of carbonyl (C=O) groups excluding carboxylic acids is 1. The second-order valence-corrected chi connectivity index (χ2v) is 8.53. The smallest absolute Gasteiger partial charge is 0.230 e. The first kappa shape index (κ1) is 20.1. The van der Waals surface area contributed by atoms with E-state index < -0.39 is 5.41 Å². The van der Waals surface area contributed by atoms with Gasteiger partial charge in [-0.15, -0.1) is 0 Å². The fourth-order valence-corrected chi connectivity index (χ4v) is 4.49. The zero-order valence-electron chi connectivity index (χ0n) is 16.7. The third-order valence-electron chi connectivity index (χ3n) is 5.87. The summed E-state index contributed by atoms with van der Waals surface area (Å²) < 4.78 is 8.79. The highest BCUT2D eigenvalue weighted by molar-refractivity contribution is 9.10. The minimum Gasteiger partial charge on any atom is -0.381 e. The van der Waals surface area contributed by atoms with Crippen molar-refractivity contribution in [3.05, 3.63) is 64.4 Å². The molecule has 0 unspecified atom stereocenters. The highest BCUT2D eigenvalue weighted by Crippen LogP contribution is 2.35. The van der Waals surface area contributed by atoms with Gasteiger partial charge >= 0.3 is 0 Å². The van der Waals surface area contributed by atoms with Crippen molar-refractivity contribution < 1.29 is 9.53 Å². The van der Waals surface area contributed by atoms with Crippen molar-refractivity contribution in [1.29, 1.82) is 0 Å². The maximum atomic E-state index is 13.2.